The van der Waals surface area contributed by atoms with Crippen molar-refractivity contribution in [1.29, 1.82) is 0 Å². The van der Waals surface area contributed by atoms with Gasteiger partial charge in [0.2, 0.25) is 5.89 Å². The molecule has 0 radical (unpaired) electrons. The third-order valence-electron chi connectivity index (χ3n) is 5.16. The average molecular weight is 451 g/mol. The van der Waals surface area contributed by atoms with Gasteiger partial charge in [0.05, 0.1) is 26.3 Å². The minimum Gasteiger partial charge on any atom is -0.497 e. The van der Waals surface area contributed by atoms with Crippen LogP contribution in [-0.2, 0) is 13.1 Å². The molecule has 3 aromatic carbocycles. The summed E-state index contributed by atoms with van der Waals surface area (Å²) in [5, 5.41) is 0.584. The summed E-state index contributed by atoms with van der Waals surface area (Å²) < 4.78 is 16.6. The zero-order valence-corrected chi connectivity index (χ0v) is 18.8. The number of halogens is 1. The van der Waals surface area contributed by atoms with Crippen molar-refractivity contribution in [3.63, 3.8) is 0 Å². The maximum atomic E-state index is 13.6. The van der Waals surface area contributed by atoms with E-state index in [1.54, 1.807) is 36.3 Å². The predicted octanol–water partition coefficient (Wildman–Crippen LogP) is 5.65. The molecular formula is C25H23ClN2O4. The molecule has 0 aliphatic carbocycles. The van der Waals surface area contributed by atoms with Gasteiger partial charge in [-0.05, 0) is 48.4 Å². The first-order valence-corrected chi connectivity index (χ1v) is 10.5. The maximum Gasteiger partial charge on any atom is 0.258 e. The van der Waals surface area contributed by atoms with Crippen LogP contribution in [0.25, 0.3) is 11.1 Å². The molecule has 1 amide bonds. The van der Waals surface area contributed by atoms with Crippen LogP contribution >= 0.6 is 11.6 Å². The monoisotopic (exact) mass is 450 g/mol. The van der Waals surface area contributed by atoms with Crippen LogP contribution in [0.5, 0.6) is 11.5 Å². The van der Waals surface area contributed by atoms with Crippen molar-refractivity contribution in [3.8, 4) is 11.5 Å². The Kier molecular flexibility index (Phi) is 6.32. The summed E-state index contributed by atoms with van der Waals surface area (Å²) in [4.78, 5) is 19.8. The van der Waals surface area contributed by atoms with E-state index in [1.807, 2.05) is 43.3 Å². The molecule has 0 fully saturated rings. The molecular weight excluding hydrogens is 428 g/mol. The van der Waals surface area contributed by atoms with E-state index in [0.29, 0.717) is 33.6 Å². The quantitative estimate of drug-likeness (QED) is 0.364. The van der Waals surface area contributed by atoms with Gasteiger partial charge in [-0.15, -0.1) is 0 Å². The van der Waals surface area contributed by atoms with Gasteiger partial charge in [-0.25, -0.2) is 4.98 Å². The van der Waals surface area contributed by atoms with Crippen LogP contribution in [0.15, 0.2) is 65.1 Å². The molecule has 4 aromatic rings. The first kappa shape index (κ1) is 21.7. The number of amides is 1. The second-order valence-electron chi connectivity index (χ2n) is 7.40. The number of aryl methyl sites for hydroxylation is 1. The highest BCUT2D eigenvalue weighted by Crippen LogP contribution is 2.28. The number of hydrogen-bond acceptors (Lipinski definition) is 5. The van der Waals surface area contributed by atoms with Crippen molar-refractivity contribution in [2.75, 3.05) is 14.2 Å². The molecule has 6 nitrogen and oxygen atoms in total. The second kappa shape index (κ2) is 9.32. The van der Waals surface area contributed by atoms with E-state index in [9.17, 15) is 4.79 Å². The van der Waals surface area contributed by atoms with E-state index in [0.717, 1.165) is 16.6 Å². The lowest BCUT2D eigenvalue weighted by Gasteiger charge is -2.23. The molecule has 0 saturated carbocycles. The van der Waals surface area contributed by atoms with Crippen LogP contribution in [0.2, 0.25) is 5.02 Å². The largest absolute Gasteiger partial charge is 0.497 e. The number of rotatable bonds is 7. The molecule has 0 bridgehead atoms. The van der Waals surface area contributed by atoms with Gasteiger partial charge in [-0.3, -0.25) is 4.79 Å². The number of carbonyl (C=O) groups is 1. The molecule has 0 aliphatic rings. The van der Waals surface area contributed by atoms with Gasteiger partial charge in [-0.1, -0.05) is 35.9 Å². The fourth-order valence-electron chi connectivity index (χ4n) is 3.49. The smallest absolute Gasteiger partial charge is 0.258 e. The second-order valence-corrected chi connectivity index (χ2v) is 7.80. The third kappa shape index (κ3) is 4.55. The molecule has 0 aliphatic heterocycles. The molecule has 164 valence electrons. The number of nitrogens with zero attached hydrogens (tertiary/aromatic N) is 2. The Morgan fingerprint density at radius 2 is 1.84 bits per heavy atom. The van der Waals surface area contributed by atoms with Gasteiger partial charge in [0.25, 0.3) is 5.91 Å². The summed E-state index contributed by atoms with van der Waals surface area (Å²) in [7, 11) is 3.09. The van der Waals surface area contributed by atoms with E-state index >= 15 is 0 Å². The molecule has 7 heteroatoms. The molecule has 1 aromatic heterocycles. The number of benzene rings is 3. The van der Waals surface area contributed by atoms with Crippen LogP contribution in [0.4, 0.5) is 0 Å². The lowest BCUT2D eigenvalue weighted by Crippen LogP contribution is -2.30. The molecule has 1 heterocycles. The maximum absolute atomic E-state index is 13.6. The van der Waals surface area contributed by atoms with Crippen molar-refractivity contribution < 1.29 is 18.7 Å². The summed E-state index contributed by atoms with van der Waals surface area (Å²) in [5.74, 6) is 1.23. The summed E-state index contributed by atoms with van der Waals surface area (Å²) in [6.45, 7) is 2.45. The number of fused-ring (bicyclic) bond motifs is 1. The van der Waals surface area contributed by atoms with Crippen molar-refractivity contribution in [3.05, 3.63) is 88.3 Å². The van der Waals surface area contributed by atoms with Crippen molar-refractivity contribution in [1.82, 2.24) is 9.88 Å². The number of hydrogen-bond donors (Lipinski definition) is 0. The Morgan fingerprint density at radius 1 is 1.03 bits per heavy atom. The lowest BCUT2D eigenvalue weighted by atomic mass is 10.1. The minimum absolute atomic E-state index is 0.174. The number of methoxy groups -OCH3 is 2. The fourth-order valence-corrected chi connectivity index (χ4v) is 3.69. The Bertz CT molecular complexity index is 1270. The first-order valence-electron chi connectivity index (χ1n) is 10.1. The number of carbonyl (C=O) groups excluding carboxylic acids is 1. The Labute approximate surface area is 191 Å². The molecule has 4 rings (SSSR count). The standard InChI is InChI=1S/C25H23ClN2O4/c1-16-8-11-22-21(12-16)27-24(32-22)15-28(14-17-6-4-5-7-20(17)26)25(29)19-10-9-18(30-2)13-23(19)31-3/h4-13H,14-15H2,1-3H3. The van der Waals surface area contributed by atoms with E-state index < -0.39 is 0 Å². The molecule has 0 spiro atoms. The molecule has 0 saturated heterocycles. The summed E-state index contributed by atoms with van der Waals surface area (Å²) >= 11 is 6.38. The van der Waals surface area contributed by atoms with Crippen LogP contribution in [0.1, 0.15) is 27.4 Å². The van der Waals surface area contributed by atoms with Crippen LogP contribution < -0.4 is 9.47 Å². The zero-order valence-electron chi connectivity index (χ0n) is 18.1. The van der Waals surface area contributed by atoms with Crippen LogP contribution in [0, 0.1) is 6.92 Å². The van der Waals surface area contributed by atoms with Crippen molar-refractivity contribution in [2.45, 2.75) is 20.0 Å². The van der Waals surface area contributed by atoms with E-state index in [1.165, 1.54) is 7.11 Å². The highest BCUT2D eigenvalue weighted by atomic mass is 35.5. The van der Waals surface area contributed by atoms with E-state index in [4.69, 9.17) is 25.5 Å². The van der Waals surface area contributed by atoms with Gasteiger partial charge >= 0.3 is 0 Å². The highest BCUT2D eigenvalue weighted by Gasteiger charge is 2.23. The molecule has 0 atom stereocenters. The lowest BCUT2D eigenvalue weighted by molar-refractivity contribution is 0.0712. The van der Waals surface area contributed by atoms with Gasteiger partial charge in [-0.2, -0.15) is 0 Å². The zero-order chi connectivity index (χ0) is 22.7. The Morgan fingerprint density at radius 3 is 2.59 bits per heavy atom. The summed E-state index contributed by atoms with van der Waals surface area (Å²) in [5.41, 5.74) is 3.75. The minimum atomic E-state index is -0.233. The third-order valence-corrected chi connectivity index (χ3v) is 5.53. The van der Waals surface area contributed by atoms with Gasteiger partial charge in [0, 0.05) is 17.6 Å². The van der Waals surface area contributed by atoms with Crippen molar-refractivity contribution >= 4 is 28.6 Å². The number of aromatic nitrogens is 1. The van der Waals surface area contributed by atoms with E-state index in [-0.39, 0.29) is 19.0 Å². The van der Waals surface area contributed by atoms with Gasteiger partial charge in [0.15, 0.2) is 5.58 Å². The summed E-state index contributed by atoms with van der Waals surface area (Å²) in [6.07, 6.45) is 0. The van der Waals surface area contributed by atoms with Crippen LogP contribution in [-0.4, -0.2) is 30.0 Å². The fraction of sp³-hybridized carbons (Fsp3) is 0.200. The van der Waals surface area contributed by atoms with Gasteiger partial charge in [0.1, 0.15) is 17.0 Å². The topological polar surface area (TPSA) is 64.8 Å². The highest BCUT2D eigenvalue weighted by molar-refractivity contribution is 6.31. The molecule has 0 N–H and O–H groups in total. The van der Waals surface area contributed by atoms with Crippen molar-refractivity contribution in [2.24, 2.45) is 0 Å². The van der Waals surface area contributed by atoms with Crippen LogP contribution in [0.3, 0.4) is 0 Å². The molecule has 0 unspecified atom stereocenters. The van der Waals surface area contributed by atoms with Gasteiger partial charge < -0.3 is 18.8 Å². The predicted molar refractivity (Wildman–Crippen MR) is 123 cm³/mol. The first-order chi connectivity index (χ1) is 15.5. The summed E-state index contributed by atoms with van der Waals surface area (Å²) in [6, 6.07) is 18.3. The Hall–Kier alpha value is -3.51. The van der Waals surface area contributed by atoms with E-state index in [2.05, 4.69) is 4.98 Å². The molecule has 32 heavy (non-hydrogen) atoms. The SMILES string of the molecule is COc1ccc(C(=O)N(Cc2nc3cc(C)ccc3o2)Cc2ccccc2Cl)c(OC)c1. The number of oxazole rings is 1. The number of ether oxygens (including phenoxy) is 2. The Balaban J connectivity index is 1.71. The normalized spacial score (nSPS) is 10.9. The average Bonchev–Trinajstić information content (AvgIpc) is 3.20.